The van der Waals surface area contributed by atoms with Crippen LogP contribution in [0, 0.1) is 0 Å². The van der Waals surface area contributed by atoms with Crippen LogP contribution in [0.2, 0.25) is 0 Å². The monoisotopic (exact) mass is 575 g/mol. The van der Waals surface area contributed by atoms with Gasteiger partial charge in [0.05, 0.1) is 0 Å². The summed E-state index contributed by atoms with van der Waals surface area (Å²) in [5.74, 6) is 1.61. The summed E-state index contributed by atoms with van der Waals surface area (Å²) in [5, 5.41) is 7.43. The molecule has 1 saturated carbocycles. The molecule has 1 aliphatic heterocycles. The number of nitrogens with one attached hydrogen (secondary N) is 2. The molecule has 1 saturated heterocycles. The van der Waals surface area contributed by atoms with Gasteiger partial charge in [0.1, 0.15) is 0 Å². The zero-order valence-corrected chi connectivity index (χ0v) is 23.2. The normalized spacial score (nSPS) is 23.9. The molecule has 1 aromatic rings. The zero-order chi connectivity index (χ0) is 22.1. The first-order valence-electron chi connectivity index (χ1n) is 12.0. The van der Waals surface area contributed by atoms with Crippen molar-refractivity contribution in [1.82, 2.24) is 20.4 Å². The number of rotatable bonds is 8. The maximum Gasteiger partial charge on any atom is 0.191 e. The summed E-state index contributed by atoms with van der Waals surface area (Å²) < 4.78 is 12.2. The highest BCUT2D eigenvalue weighted by Gasteiger charge is 2.26. The van der Waals surface area contributed by atoms with Gasteiger partial charge in [-0.2, -0.15) is 0 Å². The van der Waals surface area contributed by atoms with Crippen molar-refractivity contribution in [3.05, 3.63) is 35.4 Å². The second-order valence-corrected chi connectivity index (χ2v) is 10.7. The molecule has 1 aromatic carbocycles. The highest BCUT2D eigenvalue weighted by molar-refractivity contribution is 14.0. The fourth-order valence-corrected chi connectivity index (χ4v) is 6.05. The molecule has 1 aliphatic carbocycles. The molecule has 32 heavy (non-hydrogen) atoms. The van der Waals surface area contributed by atoms with Gasteiger partial charge in [-0.1, -0.05) is 44.5 Å². The quantitative estimate of drug-likeness (QED) is 0.284. The van der Waals surface area contributed by atoms with Gasteiger partial charge >= 0.3 is 0 Å². The smallest absolute Gasteiger partial charge is 0.191 e. The Labute approximate surface area is 214 Å². The van der Waals surface area contributed by atoms with E-state index >= 15 is 0 Å². The highest BCUT2D eigenvalue weighted by atomic mass is 127. The minimum Gasteiger partial charge on any atom is -0.354 e. The van der Waals surface area contributed by atoms with Crippen LogP contribution in [-0.2, 0) is 23.9 Å². The first-order chi connectivity index (χ1) is 15.1. The topological polar surface area (TPSA) is 60.0 Å². The number of hydrogen-bond acceptors (Lipinski definition) is 4. The third-order valence-corrected chi connectivity index (χ3v) is 8.46. The van der Waals surface area contributed by atoms with Crippen molar-refractivity contribution in [2.24, 2.45) is 4.99 Å². The van der Waals surface area contributed by atoms with E-state index < -0.39 is 10.8 Å². The van der Waals surface area contributed by atoms with Crippen LogP contribution in [0.5, 0.6) is 0 Å². The number of nitrogens with zero attached hydrogens (tertiary/aromatic N) is 3. The van der Waals surface area contributed by atoms with Crippen molar-refractivity contribution in [3.8, 4) is 0 Å². The average molecular weight is 576 g/mol. The second-order valence-electron chi connectivity index (χ2n) is 8.70. The van der Waals surface area contributed by atoms with Gasteiger partial charge in [-0.3, -0.25) is 14.1 Å². The van der Waals surface area contributed by atoms with Crippen molar-refractivity contribution in [2.45, 2.75) is 63.9 Å². The summed E-state index contributed by atoms with van der Waals surface area (Å²) in [6.07, 6.45) is 4.32. The molecule has 2 aliphatic rings. The van der Waals surface area contributed by atoms with Gasteiger partial charge in [0.25, 0.3) is 0 Å². The summed E-state index contributed by atoms with van der Waals surface area (Å²) in [5.41, 5.74) is 2.73. The fraction of sp³-hybridized carbons (Fsp3) is 0.708. The Morgan fingerprint density at radius 2 is 1.78 bits per heavy atom. The lowest BCUT2D eigenvalue weighted by Gasteiger charge is -2.34. The lowest BCUT2D eigenvalue weighted by molar-refractivity contribution is 0.131. The second kappa shape index (κ2) is 14.5. The molecule has 0 radical (unpaired) electrons. The van der Waals surface area contributed by atoms with E-state index in [-0.39, 0.29) is 24.0 Å². The van der Waals surface area contributed by atoms with E-state index in [0.717, 1.165) is 70.1 Å². The number of piperazine rings is 1. The number of aliphatic imine (C=N–C) groups is 1. The summed E-state index contributed by atoms with van der Waals surface area (Å²) in [6.45, 7) is 11.8. The molecule has 0 bridgehead atoms. The van der Waals surface area contributed by atoms with Crippen molar-refractivity contribution in [2.75, 3.05) is 45.5 Å². The summed E-state index contributed by atoms with van der Waals surface area (Å²) in [6, 6.07) is 9.09. The van der Waals surface area contributed by atoms with Gasteiger partial charge in [0.15, 0.2) is 5.96 Å². The first kappa shape index (κ1) is 27.5. The van der Waals surface area contributed by atoms with E-state index in [1.54, 1.807) is 0 Å². The SMILES string of the molecule is CCN1CCN(Cc2ccccc2CNC(=NC)NC2CCCC(S(=O)CC)C2)CC1.I. The standard InChI is InChI=1S/C24H41N5OS.HI/c1-4-28-13-15-29(16-14-28)19-21-10-7-6-9-20(21)18-26-24(25-3)27-22-11-8-12-23(17-22)31(30)5-2;/h6-7,9-10,22-23H,4-5,8,11-19H2,1-3H3,(H2,25,26,27);1H. The predicted molar refractivity (Wildman–Crippen MR) is 147 cm³/mol. The van der Waals surface area contributed by atoms with Crippen LogP contribution in [-0.4, -0.2) is 76.8 Å². The van der Waals surface area contributed by atoms with Gasteiger partial charge in [-0.25, -0.2) is 0 Å². The molecule has 6 nitrogen and oxygen atoms in total. The van der Waals surface area contributed by atoms with Gasteiger partial charge in [-0.15, -0.1) is 24.0 Å². The molecule has 3 atom stereocenters. The number of likely N-dealkylation sites (N-methyl/N-ethyl adjacent to an activating group) is 1. The Bertz CT molecular complexity index is 739. The molecule has 3 unspecified atom stereocenters. The van der Waals surface area contributed by atoms with Gasteiger partial charge < -0.3 is 15.5 Å². The first-order valence-corrected chi connectivity index (χ1v) is 13.4. The molecule has 0 aromatic heterocycles. The van der Waals surface area contributed by atoms with Crippen LogP contribution in [0.15, 0.2) is 29.3 Å². The van der Waals surface area contributed by atoms with Crippen LogP contribution in [0.3, 0.4) is 0 Å². The van der Waals surface area contributed by atoms with Crippen molar-refractivity contribution >= 4 is 40.7 Å². The Morgan fingerprint density at radius 1 is 1.09 bits per heavy atom. The van der Waals surface area contributed by atoms with Crippen LogP contribution in [0.1, 0.15) is 50.7 Å². The molecule has 182 valence electrons. The minimum atomic E-state index is -0.702. The predicted octanol–water partition coefficient (Wildman–Crippen LogP) is 3.19. The van der Waals surface area contributed by atoms with Crippen LogP contribution in [0.4, 0.5) is 0 Å². The number of guanidine groups is 1. The van der Waals surface area contributed by atoms with E-state index in [1.807, 2.05) is 14.0 Å². The Hall–Kier alpha value is -0.710. The number of hydrogen-bond donors (Lipinski definition) is 2. The molecule has 0 amide bonds. The molecule has 3 rings (SSSR count). The van der Waals surface area contributed by atoms with E-state index in [9.17, 15) is 4.21 Å². The molecule has 8 heteroatoms. The molecule has 0 spiro atoms. The number of benzene rings is 1. The summed E-state index contributed by atoms with van der Waals surface area (Å²) in [7, 11) is 1.13. The Kier molecular flexibility index (Phi) is 12.5. The van der Waals surface area contributed by atoms with Crippen LogP contribution >= 0.6 is 24.0 Å². The van der Waals surface area contributed by atoms with Crippen molar-refractivity contribution < 1.29 is 4.21 Å². The third-order valence-electron chi connectivity index (χ3n) is 6.72. The molecule has 2 fully saturated rings. The van der Waals surface area contributed by atoms with E-state index in [1.165, 1.54) is 24.2 Å². The van der Waals surface area contributed by atoms with E-state index in [2.05, 4.69) is 56.6 Å². The Balaban J connectivity index is 0.00000363. The summed E-state index contributed by atoms with van der Waals surface area (Å²) >= 11 is 0. The van der Waals surface area contributed by atoms with Crippen molar-refractivity contribution in [1.29, 1.82) is 0 Å². The Morgan fingerprint density at radius 3 is 2.44 bits per heavy atom. The molecular formula is C24H42IN5OS. The largest absolute Gasteiger partial charge is 0.354 e. The fourth-order valence-electron chi connectivity index (χ4n) is 4.71. The van der Waals surface area contributed by atoms with Crippen LogP contribution < -0.4 is 10.6 Å². The van der Waals surface area contributed by atoms with Gasteiger partial charge in [-0.05, 0) is 36.9 Å². The molecular weight excluding hydrogens is 533 g/mol. The minimum absolute atomic E-state index is 0. The van der Waals surface area contributed by atoms with E-state index in [0.29, 0.717) is 11.3 Å². The van der Waals surface area contributed by atoms with E-state index in [4.69, 9.17) is 0 Å². The maximum atomic E-state index is 12.2. The van der Waals surface area contributed by atoms with Gasteiger partial charge in [0, 0.05) is 74.2 Å². The lowest BCUT2D eigenvalue weighted by Crippen LogP contribution is -2.46. The van der Waals surface area contributed by atoms with Crippen molar-refractivity contribution in [3.63, 3.8) is 0 Å². The third kappa shape index (κ3) is 8.25. The van der Waals surface area contributed by atoms with Crippen LogP contribution in [0.25, 0.3) is 0 Å². The average Bonchev–Trinajstić information content (AvgIpc) is 2.82. The summed E-state index contributed by atoms with van der Waals surface area (Å²) in [4.78, 5) is 9.54. The van der Waals surface area contributed by atoms with Gasteiger partial charge in [0.2, 0.25) is 0 Å². The number of halogens is 1. The molecule has 1 heterocycles. The zero-order valence-electron chi connectivity index (χ0n) is 20.0. The molecule has 2 N–H and O–H groups in total. The lowest BCUT2D eigenvalue weighted by atomic mass is 9.95. The maximum absolute atomic E-state index is 12.2. The highest BCUT2D eigenvalue weighted by Crippen LogP contribution is 2.23.